The van der Waals surface area contributed by atoms with Gasteiger partial charge in [0.2, 0.25) is 11.8 Å². The predicted molar refractivity (Wildman–Crippen MR) is 67.4 cm³/mol. The molecule has 0 bridgehead atoms. The zero-order valence-corrected chi connectivity index (χ0v) is 10.9. The van der Waals surface area contributed by atoms with E-state index in [0.29, 0.717) is 36.1 Å². The van der Waals surface area contributed by atoms with E-state index in [2.05, 4.69) is 10.2 Å². The first-order valence-electron chi connectivity index (χ1n) is 5.90. The van der Waals surface area contributed by atoms with Crippen LogP contribution in [-0.4, -0.2) is 36.1 Å². The van der Waals surface area contributed by atoms with Crippen LogP contribution in [0.15, 0.2) is 22.6 Å². The highest BCUT2D eigenvalue weighted by molar-refractivity contribution is 5.43. The molecule has 0 saturated carbocycles. The highest BCUT2D eigenvalue weighted by atomic mass is 16.5. The smallest absolute Gasteiger partial charge is 0.220 e. The van der Waals surface area contributed by atoms with Crippen LogP contribution in [0.5, 0.6) is 11.5 Å². The van der Waals surface area contributed by atoms with Crippen LogP contribution in [0.1, 0.15) is 17.3 Å². The summed E-state index contributed by atoms with van der Waals surface area (Å²) in [5.41, 5.74) is 0.983. The first-order chi connectivity index (χ1) is 9.26. The number of nitrogens with zero attached hydrogens (tertiary/aromatic N) is 2. The normalized spacial score (nSPS) is 10.5. The molecule has 19 heavy (non-hydrogen) atoms. The molecule has 6 nitrogen and oxygen atoms in total. The van der Waals surface area contributed by atoms with Gasteiger partial charge in [-0.15, -0.1) is 10.2 Å². The zero-order valence-electron chi connectivity index (χ0n) is 10.9. The standard InChI is InChI=1S/C13H16N2O4/c1-17-10-4-3-9(7-11(10)18-2)8-13-15-14-12(19-13)5-6-16/h3-4,7,16H,5-6,8H2,1-2H3. The summed E-state index contributed by atoms with van der Waals surface area (Å²) < 4.78 is 15.8. The monoisotopic (exact) mass is 264 g/mol. The first kappa shape index (κ1) is 13.4. The van der Waals surface area contributed by atoms with Crippen LogP contribution in [-0.2, 0) is 12.8 Å². The van der Waals surface area contributed by atoms with Crippen molar-refractivity contribution in [1.82, 2.24) is 10.2 Å². The van der Waals surface area contributed by atoms with E-state index in [-0.39, 0.29) is 6.61 Å². The second kappa shape index (κ2) is 6.19. The van der Waals surface area contributed by atoms with Gasteiger partial charge in [-0.25, -0.2) is 0 Å². The zero-order chi connectivity index (χ0) is 13.7. The summed E-state index contributed by atoms with van der Waals surface area (Å²) in [6.07, 6.45) is 0.887. The number of aliphatic hydroxyl groups excluding tert-OH is 1. The van der Waals surface area contributed by atoms with Crippen LogP contribution in [0, 0.1) is 0 Å². The van der Waals surface area contributed by atoms with Crippen LogP contribution in [0.3, 0.4) is 0 Å². The molecule has 0 aliphatic carbocycles. The molecule has 0 aliphatic rings. The maximum Gasteiger partial charge on any atom is 0.220 e. The Morgan fingerprint density at radius 2 is 1.84 bits per heavy atom. The number of ether oxygens (including phenoxy) is 2. The molecule has 0 unspecified atom stereocenters. The molecule has 0 spiro atoms. The van der Waals surface area contributed by atoms with E-state index in [1.807, 2.05) is 18.2 Å². The summed E-state index contributed by atoms with van der Waals surface area (Å²) in [5, 5.41) is 16.6. The molecule has 2 aromatic rings. The van der Waals surface area contributed by atoms with E-state index >= 15 is 0 Å². The summed E-state index contributed by atoms with van der Waals surface area (Å²) in [4.78, 5) is 0. The van der Waals surface area contributed by atoms with Gasteiger partial charge in [0.25, 0.3) is 0 Å². The topological polar surface area (TPSA) is 77.6 Å². The molecule has 6 heteroatoms. The van der Waals surface area contributed by atoms with E-state index in [4.69, 9.17) is 19.0 Å². The number of rotatable bonds is 6. The Labute approximate surface area is 111 Å². The Balaban J connectivity index is 2.13. The molecule has 0 radical (unpaired) electrons. The predicted octanol–water partition coefficient (Wildman–Crippen LogP) is 1.21. The van der Waals surface area contributed by atoms with Crippen molar-refractivity contribution >= 4 is 0 Å². The van der Waals surface area contributed by atoms with Crippen LogP contribution in [0.4, 0.5) is 0 Å². The van der Waals surface area contributed by atoms with E-state index in [1.165, 1.54) is 0 Å². The SMILES string of the molecule is COc1ccc(Cc2nnc(CCO)o2)cc1OC. The van der Waals surface area contributed by atoms with Crippen molar-refractivity contribution in [2.45, 2.75) is 12.8 Å². The third kappa shape index (κ3) is 3.23. The van der Waals surface area contributed by atoms with Gasteiger partial charge in [0.05, 0.1) is 27.2 Å². The maximum absolute atomic E-state index is 8.79. The van der Waals surface area contributed by atoms with Gasteiger partial charge in [0, 0.05) is 6.42 Å². The molecule has 0 atom stereocenters. The highest BCUT2D eigenvalue weighted by Crippen LogP contribution is 2.28. The minimum atomic E-state index is -0.00199. The Morgan fingerprint density at radius 3 is 2.53 bits per heavy atom. The lowest BCUT2D eigenvalue weighted by Gasteiger charge is -2.08. The van der Waals surface area contributed by atoms with Gasteiger partial charge in [-0.1, -0.05) is 6.07 Å². The summed E-state index contributed by atoms with van der Waals surface area (Å²) >= 11 is 0. The third-order valence-corrected chi connectivity index (χ3v) is 2.64. The fourth-order valence-electron chi connectivity index (χ4n) is 1.72. The maximum atomic E-state index is 8.79. The Bertz CT molecular complexity index is 539. The lowest BCUT2D eigenvalue weighted by molar-refractivity contribution is 0.283. The number of hydrogen-bond donors (Lipinski definition) is 1. The number of methoxy groups -OCH3 is 2. The highest BCUT2D eigenvalue weighted by Gasteiger charge is 2.09. The van der Waals surface area contributed by atoms with Crippen molar-refractivity contribution in [3.8, 4) is 11.5 Å². The van der Waals surface area contributed by atoms with Gasteiger partial charge in [0.15, 0.2) is 11.5 Å². The van der Waals surface area contributed by atoms with Gasteiger partial charge < -0.3 is 19.0 Å². The average molecular weight is 264 g/mol. The van der Waals surface area contributed by atoms with Crippen molar-refractivity contribution in [2.24, 2.45) is 0 Å². The molecule has 102 valence electrons. The van der Waals surface area contributed by atoms with Gasteiger partial charge in [-0.3, -0.25) is 0 Å². The van der Waals surface area contributed by atoms with Crippen LogP contribution in [0.2, 0.25) is 0 Å². The molecule has 1 aromatic carbocycles. The number of benzene rings is 1. The van der Waals surface area contributed by atoms with Gasteiger partial charge in [0.1, 0.15) is 0 Å². The van der Waals surface area contributed by atoms with Crippen LogP contribution >= 0.6 is 0 Å². The Hall–Kier alpha value is -2.08. The quantitative estimate of drug-likeness (QED) is 0.845. The van der Waals surface area contributed by atoms with Crippen molar-refractivity contribution < 1.29 is 19.0 Å². The van der Waals surface area contributed by atoms with Crippen molar-refractivity contribution in [2.75, 3.05) is 20.8 Å². The lowest BCUT2D eigenvalue weighted by atomic mass is 10.1. The average Bonchev–Trinajstić information content (AvgIpc) is 2.86. The van der Waals surface area contributed by atoms with E-state index in [1.54, 1.807) is 14.2 Å². The molecule has 1 aromatic heterocycles. The third-order valence-electron chi connectivity index (χ3n) is 2.64. The van der Waals surface area contributed by atoms with Gasteiger partial charge in [-0.2, -0.15) is 0 Å². The van der Waals surface area contributed by atoms with Gasteiger partial charge in [-0.05, 0) is 17.7 Å². The number of aliphatic hydroxyl groups is 1. The van der Waals surface area contributed by atoms with E-state index in [9.17, 15) is 0 Å². The van der Waals surface area contributed by atoms with Gasteiger partial charge >= 0.3 is 0 Å². The van der Waals surface area contributed by atoms with Crippen molar-refractivity contribution in [3.05, 3.63) is 35.5 Å². The van der Waals surface area contributed by atoms with Crippen molar-refractivity contribution in [1.29, 1.82) is 0 Å². The van der Waals surface area contributed by atoms with E-state index in [0.717, 1.165) is 5.56 Å². The first-order valence-corrected chi connectivity index (χ1v) is 5.90. The second-order valence-electron chi connectivity index (χ2n) is 3.93. The molecule has 0 fully saturated rings. The molecule has 1 N–H and O–H groups in total. The largest absolute Gasteiger partial charge is 0.493 e. The molecule has 0 aliphatic heterocycles. The fourth-order valence-corrected chi connectivity index (χ4v) is 1.72. The molecule has 0 saturated heterocycles. The summed E-state index contributed by atoms with van der Waals surface area (Å²) in [6.45, 7) is -0.00199. The lowest BCUT2D eigenvalue weighted by Crippen LogP contribution is -1.94. The van der Waals surface area contributed by atoms with Crippen molar-refractivity contribution in [3.63, 3.8) is 0 Å². The second-order valence-corrected chi connectivity index (χ2v) is 3.93. The van der Waals surface area contributed by atoms with E-state index < -0.39 is 0 Å². The van der Waals surface area contributed by atoms with Crippen LogP contribution < -0.4 is 9.47 Å². The molecule has 2 rings (SSSR count). The Kier molecular flexibility index (Phi) is 4.35. The number of aromatic nitrogens is 2. The Morgan fingerprint density at radius 1 is 1.11 bits per heavy atom. The minimum absolute atomic E-state index is 0.00199. The minimum Gasteiger partial charge on any atom is -0.493 e. The molecule has 1 heterocycles. The summed E-state index contributed by atoms with van der Waals surface area (Å²) in [5.74, 6) is 2.29. The fraction of sp³-hybridized carbons (Fsp3) is 0.385. The summed E-state index contributed by atoms with van der Waals surface area (Å²) in [6, 6.07) is 5.62. The summed E-state index contributed by atoms with van der Waals surface area (Å²) in [7, 11) is 3.18. The van der Waals surface area contributed by atoms with Crippen LogP contribution in [0.25, 0.3) is 0 Å². The molecular weight excluding hydrogens is 248 g/mol. The molecule has 0 amide bonds. The molecular formula is C13H16N2O4. The number of hydrogen-bond acceptors (Lipinski definition) is 6.